The zero-order valence-electron chi connectivity index (χ0n) is 10.7. The van der Waals surface area contributed by atoms with Gasteiger partial charge in [-0.2, -0.15) is 0 Å². The monoisotopic (exact) mass is 256 g/mol. The van der Waals surface area contributed by atoms with Gasteiger partial charge in [-0.25, -0.2) is 0 Å². The highest BCUT2D eigenvalue weighted by Crippen LogP contribution is 2.36. The molecule has 0 saturated carbocycles. The Morgan fingerprint density at radius 2 is 1.69 bits per heavy atom. The van der Waals surface area contributed by atoms with Crippen LogP contribution in [0.4, 0.5) is 5.69 Å². The van der Waals surface area contributed by atoms with E-state index in [0.717, 1.165) is 27.8 Å². The van der Waals surface area contributed by atoms with Gasteiger partial charge in [0.25, 0.3) is 0 Å². The molecule has 0 bridgehead atoms. The largest absolute Gasteiger partial charge is 0.382 e. The van der Waals surface area contributed by atoms with Crippen LogP contribution < -0.4 is 5.32 Å². The van der Waals surface area contributed by atoms with Crippen molar-refractivity contribution in [1.82, 2.24) is 4.90 Å². The molecule has 0 aliphatic carbocycles. The Hall–Kier alpha value is -0.320. The van der Waals surface area contributed by atoms with Gasteiger partial charge in [0, 0.05) is 18.7 Å². The zero-order valence-corrected chi connectivity index (χ0v) is 12.3. The third-order valence-electron chi connectivity index (χ3n) is 2.52. The van der Waals surface area contributed by atoms with Crippen LogP contribution in [0.2, 0.25) is 0 Å². The van der Waals surface area contributed by atoms with Crippen molar-refractivity contribution in [3.63, 3.8) is 0 Å². The van der Waals surface area contributed by atoms with Crippen LogP contribution in [-0.2, 0) is 5.41 Å². The topological polar surface area (TPSA) is 15.3 Å². The van der Waals surface area contributed by atoms with Crippen molar-refractivity contribution >= 4 is 30.1 Å². The first-order valence-electron chi connectivity index (χ1n) is 5.47. The van der Waals surface area contributed by atoms with Crippen molar-refractivity contribution in [2.24, 2.45) is 0 Å². The number of nitrogens with one attached hydrogen (secondary N) is 1. The fourth-order valence-corrected chi connectivity index (χ4v) is 2.47. The SMILES string of the molecule is CN(C)CCNc1c(C(C)(C)C)c(=S)c1=S. The molecule has 0 amide bonds. The standard InChI is InChI=1S/C12H20N2S2/c1-12(2,3)8-9(11(16)10(8)15)13-6-7-14(4)5/h13H,6-7H2,1-5H3. The lowest BCUT2D eigenvalue weighted by molar-refractivity contribution is 0.425. The summed E-state index contributed by atoms with van der Waals surface area (Å²) in [5.74, 6) is 0. The van der Waals surface area contributed by atoms with Crippen LogP contribution in [-0.4, -0.2) is 32.1 Å². The lowest BCUT2D eigenvalue weighted by atomic mass is 9.83. The minimum Gasteiger partial charge on any atom is -0.382 e. The smallest absolute Gasteiger partial charge is 0.0796 e. The van der Waals surface area contributed by atoms with Crippen LogP contribution in [0.25, 0.3) is 0 Å². The van der Waals surface area contributed by atoms with Crippen LogP contribution in [0, 0.1) is 9.02 Å². The molecule has 1 rings (SSSR count). The third-order valence-corrected chi connectivity index (χ3v) is 3.47. The first-order chi connectivity index (χ1) is 7.25. The number of anilines is 1. The van der Waals surface area contributed by atoms with Crippen molar-refractivity contribution in [2.45, 2.75) is 26.2 Å². The first kappa shape index (κ1) is 13.7. The summed E-state index contributed by atoms with van der Waals surface area (Å²) in [6.45, 7) is 8.42. The Kier molecular flexibility index (Phi) is 4.21. The van der Waals surface area contributed by atoms with Crippen LogP contribution in [0.5, 0.6) is 0 Å². The molecule has 0 spiro atoms. The van der Waals surface area contributed by atoms with E-state index in [1.165, 1.54) is 5.56 Å². The van der Waals surface area contributed by atoms with Gasteiger partial charge >= 0.3 is 0 Å². The third kappa shape index (κ3) is 2.87. The fraction of sp³-hybridized carbons (Fsp3) is 0.667. The number of likely N-dealkylation sites (N-methyl/N-ethyl adjacent to an activating group) is 1. The molecule has 1 aromatic rings. The number of rotatable bonds is 4. The Bertz CT molecular complexity index is 434. The van der Waals surface area contributed by atoms with E-state index in [4.69, 9.17) is 24.4 Å². The van der Waals surface area contributed by atoms with Gasteiger partial charge in [-0.15, -0.1) is 0 Å². The number of hydrogen-bond donors (Lipinski definition) is 1. The maximum absolute atomic E-state index is 5.31. The Morgan fingerprint density at radius 1 is 1.12 bits per heavy atom. The summed E-state index contributed by atoms with van der Waals surface area (Å²) >= 11 is 10.6. The molecule has 0 saturated heterocycles. The van der Waals surface area contributed by atoms with Gasteiger partial charge in [0.1, 0.15) is 0 Å². The molecule has 0 radical (unpaired) electrons. The molecule has 1 aromatic carbocycles. The van der Waals surface area contributed by atoms with E-state index in [0.29, 0.717) is 0 Å². The van der Waals surface area contributed by atoms with Gasteiger partial charge in [-0.05, 0) is 19.5 Å². The normalized spacial score (nSPS) is 12.4. The van der Waals surface area contributed by atoms with Crippen LogP contribution in [0.1, 0.15) is 26.3 Å². The molecule has 0 fully saturated rings. The van der Waals surface area contributed by atoms with Gasteiger partial charge < -0.3 is 10.2 Å². The second kappa shape index (κ2) is 4.90. The zero-order chi connectivity index (χ0) is 12.5. The first-order valence-corrected chi connectivity index (χ1v) is 6.29. The second-order valence-electron chi connectivity index (χ2n) is 5.39. The van der Waals surface area contributed by atoms with Crippen LogP contribution >= 0.6 is 24.4 Å². The van der Waals surface area contributed by atoms with Gasteiger partial charge in [-0.1, -0.05) is 45.2 Å². The van der Waals surface area contributed by atoms with Crippen LogP contribution in [0.3, 0.4) is 0 Å². The number of hydrogen-bond acceptors (Lipinski definition) is 4. The highest BCUT2D eigenvalue weighted by Gasteiger charge is 2.25. The van der Waals surface area contributed by atoms with E-state index in [9.17, 15) is 0 Å². The van der Waals surface area contributed by atoms with E-state index < -0.39 is 0 Å². The summed E-state index contributed by atoms with van der Waals surface area (Å²) in [5, 5.41) is 3.40. The molecular formula is C12H20N2S2. The molecule has 0 aromatic heterocycles. The molecule has 2 nitrogen and oxygen atoms in total. The lowest BCUT2D eigenvalue weighted by Gasteiger charge is -2.27. The minimum absolute atomic E-state index is 0.0832. The van der Waals surface area contributed by atoms with E-state index in [-0.39, 0.29) is 5.41 Å². The molecule has 0 atom stereocenters. The maximum atomic E-state index is 5.31. The van der Waals surface area contributed by atoms with Gasteiger partial charge in [0.05, 0.1) is 14.7 Å². The summed E-state index contributed by atoms with van der Waals surface area (Å²) in [6, 6.07) is 0. The summed E-state index contributed by atoms with van der Waals surface area (Å²) in [5.41, 5.74) is 2.39. The molecule has 0 aliphatic rings. The predicted octanol–water partition coefficient (Wildman–Crippen LogP) is 3.29. The molecular weight excluding hydrogens is 236 g/mol. The minimum atomic E-state index is 0.0832. The van der Waals surface area contributed by atoms with Crippen LogP contribution in [0.15, 0.2) is 0 Å². The summed E-state index contributed by atoms with van der Waals surface area (Å²) in [7, 11) is 4.12. The number of nitrogens with zero attached hydrogens (tertiary/aromatic N) is 1. The van der Waals surface area contributed by atoms with Crippen molar-refractivity contribution < 1.29 is 0 Å². The molecule has 16 heavy (non-hydrogen) atoms. The predicted molar refractivity (Wildman–Crippen MR) is 76.2 cm³/mol. The highest BCUT2D eigenvalue weighted by molar-refractivity contribution is 7.74. The van der Waals surface area contributed by atoms with E-state index in [2.05, 4.69) is 45.1 Å². The van der Waals surface area contributed by atoms with Crippen molar-refractivity contribution in [1.29, 1.82) is 0 Å². The quantitative estimate of drug-likeness (QED) is 0.831. The molecule has 90 valence electrons. The van der Waals surface area contributed by atoms with Crippen molar-refractivity contribution in [3.05, 3.63) is 14.6 Å². The highest BCUT2D eigenvalue weighted by atomic mass is 32.1. The fourth-order valence-electron chi connectivity index (χ4n) is 1.68. The van der Waals surface area contributed by atoms with Gasteiger partial charge in [0.2, 0.25) is 0 Å². The van der Waals surface area contributed by atoms with E-state index in [1.807, 2.05) is 0 Å². The Balaban J connectivity index is 2.79. The summed E-state index contributed by atoms with van der Waals surface area (Å²) < 4.78 is 1.70. The average molecular weight is 256 g/mol. The molecule has 0 heterocycles. The lowest BCUT2D eigenvalue weighted by Crippen LogP contribution is -2.24. The van der Waals surface area contributed by atoms with Crippen molar-refractivity contribution in [2.75, 3.05) is 32.5 Å². The Morgan fingerprint density at radius 3 is 2.12 bits per heavy atom. The van der Waals surface area contributed by atoms with Crippen molar-refractivity contribution in [3.8, 4) is 0 Å². The van der Waals surface area contributed by atoms with E-state index in [1.54, 1.807) is 0 Å². The molecule has 4 heteroatoms. The van der Waals surface area contributed by atoms with Gasteiger partial charge in [0.15, 0.2) is 0 Å². The molecule has 1 N–H and O–H groups in total. The van der Waals surface area contributed by atoms with Gasteiger partial charge in [-0.3, -0.25) is 0 Å². The summed E-state index contributed by atoms with van der Waals surface area (Å²) in [4.78, 5) is 2.14. The maximum Gasteiger partial charge on any atom is 0.0796 e. The molecule has 0 unspecified atom stereocenters. The summed E-state index contributed by atoms with van der Waals surface area (Å²) in [6.07, 6.45) is 0. The Labute approximate surface area is 108 Å². The van der Waals surface area contributed by atoms with E-state index >= 15 is 0 Å². The molecule has 0 aliphatic heterocycles. The average Bonchev–Trinajstić information content (AvgIpc) is 2.13. The second-order valence-corrected chi connectivity index (χ2v) is 6.20.